The Labute approximate surface area is 173 Å². The van der Waals surface area contributed by atoms with Crippen LogP contribution in [0.3, 0.4) is 0 Å². The van der Waals surface area contributed by atoms with Crippen LogP contribution in [0, 0.1) is 0 Å². The minimum atomic E-state index is -2.15. The fourth-order valence-corrected chi connectivity index (χ4v) is 6.40. The molecule has 0 bridgehead atoms. The van der Waals surface area contributed by atoms with E-state index in [1.165, 1.54) is 16.8 Å². The topological polar surface area (TPSA) is 23.5 Å². The molecule has 0 atom stereocenters. The molecule has 3 heteroatoms. The summed E-state index contributed by atoms with van der Waals surface area (Å²) in [4.78, 5) is 0. The molecule has 2 rings (SSSR count). The first kappa shape index (κ1) is 22.5. The summed E-state index contributed by atoms with van der Waals surface area (Å²) in [5, 5.41) is 12.3. The van der Waals surface area contributed by atoms with Gasteiger partial charge in [-0.3, -0.25) is 0 Å². The maximum atomic E-state index is 11.2. The highest BCUT2D eigenvalue weighted by Crippen LogP contribution is 2.38. The summed E-state index contributed by atoms with van der Waals surface area (Å²) in [5.74, 6) is 1.39. The highest BCUT2D eigenvalue weighted by molar-refractivity contribution is 6.93. The quantitative estimate of drug-likeness (QED) is 0.583. The molecule has 1 N–H and O–H groups in total. The van der Waals surface area contributed by atoms with Gasteiger partial charge in [0.15, 0.2) is 8.24 Å². The SMILES string of the molecule is CC(C)c1cccc(C(C)C)c1N(C)[Si](C)(C)c1cccc(C(C)(C)C)c1O. The largest absolute Gasteiger partial charge is 0.508 e. The van der Waals surface area contributed by atoms with Gasteiger partial charge in [0.25, 0.3) is 0 Å². The first-order chi connectivity index (χ1) is 12.8. The Morgan fingerprint density at radius 3 is 1.75 bits per heavy atom. The van der Waals surface area contributed by atoms with Crippen molar-refractivity contribution in [2.75, 3.05) is 11.6 Å². The summed E-state index contributed by atoms with van der Waals surface area (Å²) >= 11 is 0. The summed E-state index contributed by atoms with van der Waals surface area (Å²) < 4.78 is 2.50. The number of anilines is 1. The first-order valence-corrected chi connectivity index (χ1v) is 13.4. The van der Waals surface area contributed by atoms with Gasteiger partial charge in [-0.2, -0.15) is 0 Å². The molecule has 0 aliphatic heterocycles. The fraction of sp³-hybridized carbons (Fsp3) is 0.520. The average Bonchev–Trinajstić information content (AvgIpc) is 2.59. The van der Waals surface area contributed by atoms with Crippen LogP contribution in [0.4, 0.5) is 5.69 Å². The number of nitrogens with zero attached hydrogens (tertiary/aromatic N) is 1. The van der Waals surface area contributed by atoms with E-state index >= 15 is 0 Å². The zero-order valence-corrected chi connectivity index (χ0v) is 20.5. The number of rotatable bonds is 5. The lowest BCUT2D eigenvalue weighted by molar-refractivity contribution is 0.450. The molecule has 0 saturated carbocycles. The van der Waals surface area contributed by atoms with Gasteiger partial charge in [-0.05, 0) is 54.1 Å². The fourth-order valence-electron chi connectivity index (χ4n) is 4.00. The molecular weight excluding hydrogens is 358 g/mol. The van der Waals surface area contributed by atoms with E-state index in [2.05, 4.69) is 110 Å². The van der Waals surface area contributed by atoms with Crippen molar-refractivity contribution < 1.29 is 5.11 Å². The number of aromatic hydroxyl groups is 1. The van der Waals surface area contributed by atoms with Crippen LogP contribution in [0.25, 0.3) is 0 Å². The van der Waals surface area contributed by atoms with Crippen LogP contribution in [0.5, 0.6) is 5.75 Å². The lowest BCUT2D eigenvalue weighted by Crippen LogP contribution is -2.57. The Kier molecular flexibility index (Phi) is 6.39. The van der Waals surface area contributed by atoms with Gasteiger partial charge in [-0.15, -0.1) is 0 Å². The molecule has 0 radical (unpaired) electrons. The molecule has 0 spiro atoms. The highest BCUT2D eigenvalue weighted by Gasteiger charge is 2.36. The molecule has 0 saturated heterocycles. The highest BCUT2D eigenvalue weighted by atomic mass is 28.3. The summed E-state index contributed by atoms with van der Waals surface area (Å²) in [6.45, 7) is 20.2. The van der Waals surface area contributed by atoms with Crippen LogP contribution in [-0.4, -0.2) is 20.4 Å². The van der Waals surface area contributed by atoms with E-state index < -0.39 is 8.24 Å². The minimum Gasteiger partial charge on any atom is -0.508 e. The molecule has 0 amide bonds. The Balaban J connectivity index is 2.69. The normalized spacial score (nSPS) is 12.7. The van der Waals surface area contributed by atoms with Gasteiger partial charge >= 0.3 is 0 Å². The monoisotopic (exact) mass is 397 g/mol. The van der Waals surface area contributed by atoms with Crippen molar-refractivity contribution in [3.05, 3.63) is 53.1 Å². The maximum absolute atomic E-state index is 11.2. The number of para-hydroxylation sites is 2. The van der Waals surface area contributed by atoms with Crippen molar-refractivity contribution in [2.24, 2.45) is 0 Å². The van der Waals surface area contributed by atoms with Gasteiger partial charge < -0.3 is 9.67 Å². The molecular formula is C25H39NOSi. The van der Waals surface area contributed by atoms with Crippen molar-refractivity contribution in [3.63, 3.8) is 0 Å². The summed E-state index contributed by atoms with van der Waals surface area (Å²) in [6.07, 6.45) is 0. The summed E-state index contributed by atoms with van der Waals surface area (Å²) in [6, 6.07) is 13.0. The Bertz CT molecular complexity index is 805. The van der Waals surface area contributed by atoms with Crippen LogP contribution in [0.15, 0.2) is 36.4 Å². The standard InChI is InChI=1S/C25H39NOSi/c1-17(2)19-13-11-14-20(18(3)4)23(19)26(8)28(9,10)22-16-12-15-21(24(22)27)25(5,6)7/h11-18,27H,1-10H3. The zero-order valence-electron chi connectivity index (χ0n) is 19.5. The van der Waals surface area contributed by atoms with Gasteiger partial charge in [-0.25, -0.2) is 0 Å². The molecule has 0 aromatic heterocycles. The van der Waals surface area contributed by atoms with E-state index in [1.807, 2.05) is 0 Å². The third-order valence-corrected chi connectivity index (χ3v) is 9.64. The molecule has 2 aromatic carbocycles. The molecule has 0 fully saturated rings. The summed E-state index contributed by atoms with van der Waals surface area (Å²) in [7, 11) is 0.0752. The number of hydrogen-bond donors (Lipinski definition) is 1. The van der Waals surface area contributed by atoms with E-state index in [-0.39, 0.29) is 5.41 Å². The Morgan fingerprint density at radius 1 is 0.857 bits per heavy atom. The molecule has 0 aliphatic carbocycles. The molecule has 0 aliphatic rings. The predicted molar refractivity (Wildman–Crippen MR) is 127 cm³/mol. The van der Waals surface area contributed by atoms with Gasteiger partial charge in [0, 0.05) is 10.9 Å². The summed E-state index contributed by atoms with van der Waals surface area (Å²) in [5.41, 5.74) is 5.08. The van der Waals surface area contributed by atoms with Gasteiger partial charge in [-0.1, -0.05) is 84.9 Å². The number of benzene rings is 2. The van der Waals surface area contributed by atoms with Crippen LogP contribution >= 0.6 is 0 Å². The van der Waals surface area contributed by atoms with E-state index in [1.54, 1.807) is 0 Å². The Hall–Kier alpha value is -1.74. The number of hydrogen-bond acceptors (Lipinski definition) is 2. The van der Waals surface area contributed by atoms with E-state index in [9.17, 15) is 5.11 Å². The van der Waals surface area contributed by atoms with Gasteiger partial charge in [0.1, 0.15) is 5.75 Å². The van der Waals surface area contributed by atoms with E-state index in [0.29, 0.717) is 17.6 Å². The second kappa shape index (κ2) is 7.94. The molecule has 154 valence electrons. The molecule has 0 unspecified atom stereocenters. The predicted octanol–water partition coefficient (Wildman–Crippen LogP) is 6.49. The lowest BCUT2D eigenvalue weighted by Gasteiger charge is -2.40. The van der Waals surface area contributed by atoms with Crippen molar-refractivity contribution in [2.45, 2.75) is 78.8 Å². The van der Waals surface area contributed by atoms with Crippen molar-refractivity contribution in [3.8, 4) is 5.75 Å². The van der Waals surface area contributed by atoms with Gasteiger partial charge in [0.2, 0.25) is 0 Å². The molecule has 0 heterocycles. The zero-order chi connectivity index (χ0) is 21.4. The lowest BCUT2D eigenvalue weighted by atomic mass is 9.86. The average molecular weight is 398 g/mol. The second-order valence-corrected chi connectivity index (χ2v) is 14.5. The van der Waals surface area contributed by atoms with E-state index in [4.69, 9.17) is 0 Å². The molecule has 28 heavy (non-hydrogen) atoms. The van der Waals surface area contributed by atoms with Gasteiger partial charge in [0.05, 0.1) is 0 Å². The minimum absolute atomic E-state index is 0.0813. The van der Waals surface area contributed by atoms with Crippen molar-refractivity contribution in [1.29, 1.82) is 0 Å². The number of phenolic OH excluding ortho intramolecular Hbond substituents is 1. The van der Waals surface area contributed by atoms with Crippen LogP contribution < -0.4 is 9.75 Å². The van der Waals surface area contributed by atoms with Crippen LogP contribution in [-0.2, 0) is 5.41 Å². The molecule has 2 aromatic rings. The smallest absolute Gasteiger partial charge is 0.185 e. The van der Waals surface area contributed by atoms with Crippen molar-refractivity contribution in [1.82, 2.24) is 0 Å². The first-order valence-electron chi connectivity index (χ1n) is 10.5. The van der Waals surface area contributed by atoms with Crippen LogP contribution in [0.2, 0.25) is 13.1 Å². The van der Waals surface area contributed by atoms with Crippen LogP contribution in [0.1, 0.15) is 77.0 Å². The van der Waals surface area contributed by atoms with Crippen molar-refractivity contribution >= 4 is 19.1 Å². The maximum Gasteiger partial charge on any atom is 0.185 e. The third-order valence-electron chi connectivity index (χ3n) is 6.02. The third kappa shape index (κ3) is 4.15. The number of phenols is 1. The molecule has 2 nitrogen and oxygen atoms in total. The Morgan fingerprint density at radius 2 is 1.32 bits per heavy atom. The van der Waals surface area contributed by atoms with E-state index in [0.717, 1.165) is 10.8 Å². The second-order valence-electron chi connectivity index (χ2n) is 10.2.